The summed E-state index contributed by atoms with van der Waals surface area (Å²) in [5.74, 6) is 1.76. The highest BCUT2D eigenvalue weighted by atomic mass is 16.3. The van der Waals surface area contributed by atoms with Crippen LogP contribution >= 0.6 is 0 Å². The van der Waals surface area contributed by atoms with Crippen molar-refractivity contribution in [1.29, 1.82) is 0 Å². The molecule has 0 spiro atoms. The molecule has 51 heavy (non-hydrogen) atoms. The molecule has 238 valence electrons. The van der Waals surface area contributed by atoms with Crippen LogP contribution in [0.25, 0.3) is 106 Å². The first-order chi connectivity index (χ1) is 25.3. The van der Waals surface area contributed by atoms with E-state index < -0.39 is 0 Å². The lowest BCUT2D eigenvalue weighted by Crippen LogP contribution is -2.06. The highest BCUT2D eigenvalue weighted by Gasteiger charge is 2.19. The van der Waals surface area contributed by atoms with Crippen molar-refractivity contribution >= 4 is 65.7 Å². The summed E-state index contributed by atoms with van der Waals surface area (Å²) in [4.78, 5) is 15.3. The molecule has 0 atom stereocenters. The summed E-state index contributed by atoms with van der Waals surface area (Å²) < 4.78 is 14.9. The van der Waals surface area contributed by atoms with E-state index in [0.29, 0.717) is 17.6 Å². The van der Waals surface area contributed by atoms with Crippen molar-refractivity contribution in [2.24, 2.45) is 0 Å². The number of hydrogen-bond acceptors (Lipinski definition) is 5. The molecule has 0 aliphatic carbocycles. The molecule has 0 bridgehead atoms. The van der Waals surface area contributed by atoms with Crippen LogP contribution in [-0.2, 0) is 0 Å². The van der Waals surface area contributed by atoms with Crippen molar-refractivity contribution in [2.75, 3.05) is 0 Å². The second-order valence-corrected chi connectivity index (χ2v) is 12.8. The third kappa shape index (κ3) is 4.26. The summed E-state index contributed by atoms with van der Waals surface area (Å²) in [5, 5.41) is 6.51. The van der Waals surface area contributed by atoms with Gasteiger partial charge in [-0.2, -0.15) is 9.97 Å². The van der Waals surface area contributed by atoms with E-state index in [1.807, 2.05) is 66.7 Å². The van der Waals surface area contributed by atoms with Crippen LogP contribution in [0, 0.1) is 0 Å². The summed E-state index contributed by atoms with van der Waals surface area (Å²) in [6, 6.07) is 53.9. The lowest BCUT2D eigenvalue weighted by Gasteiger charge is -2.11. The lowest BCUT2D eigenvalue weighted by molar-refractivity contribution is 0.668. The van der Waals surface area contributed by atoms with E-state index in [-0.39, 0.29) is 0 Å². The van der Waals surface area contributed by atoms with Crippen molar-refractivity contribution < 1.29 is 8.83 Å². The predicted molar refractivity (Wildman–Crippen MR) is 205 cm³/mol. The highest BCUT2D eigenvalue weighted by molar-refractivity contribution is 6.12. The van der Waals surface area contributed by atoms with E-state index in [2.05, 4.69) is 95.6 Å². The second-order valence-electron chi connectivity index (χ2n) is 12.8. The fourth-order valence-electron chi connectivity index (χ4n) is 7.51. The fraction of sp³-hybridized carbons (Fsp3) is 0. The van der Waals surface area contributed by atoms with Crippen LogP contribution in [0.15, 0.2) is 167 Å². The number of rotatable bonds is 4. The van der Waals surface area contributed by atoms with Gasteiger partial charge in [-0.15, -0.1) is 0 Å². The molecule has 0 unspecified atom stereocenters. The predicted octanol–water partition coefficient (Wildman–Crippen LogP) is 11.8. The monoisotopic (exact) mass is 654 g/mol. The number of furan rings is 2. The van der Waals surface area contributed by atoms with Crippen LogP contribution in [0.5, 0.6) is 0 Å². The Bertz CT molecular complexity index is 3100. The van der Waals surface area contributed by atoms with Crippen LogP contribution < -0.4 is 0 Å². The molecule has 0 saturated heterocycles. The molecule has 11 aromatic rings. The number of nitrogens with zero attached hydrogens (tertiary/aromatic N) is 4. The van der Waals surface area contributed by atoms with E-state index in [0.717, 1.165) is 87.9 Å². The summed E-state index contributed by atoms with van der Waals surface area (Å²) in [6.07, 6.45) is 0. The zero-order valence-electron chi connectivity index (χ0n) is 27.1. The van der Waals surface area contributed by atoms with Gasteiger partial charge in [0, 0.05) is 49.0 Å². The molecule has 0 fully saturated rings. The van der Waals surface area contributed by atoms with E-state index in [9.17, 15) is 0 Å². The van der Waals surface area contributed by atoms with Crippen molar-refractivity contribution in [3.63, 3.8) is 0 Å². The molecule has 0 radical (unpaired) electrons. The summed E-state index contributed by atoms with van der Waals surface area (Å²) in [6.45, 7) is 0. The van der Waals surface area contributed by atoms with Crippen molar-refractivity contribution in [2.45, 2.75) is 0 Å². The van der Waals surface area contributed by atoms with Crippen LogP contribution in [-0.4, -0.2) is 19.5 Å². The Kier molecular flexibility index (Phi) is 5.86. The molecule has 7 aromatic carbocycles. The molecule has 0 saturated carbocycles. The van der Waals surface area contributed by atoms with Gasteiger partial charge in [0.2, 0.25) is 5.95 Å². The van der Waals surface area contributed by atoms with Crippen LogP contribution in [0.3, 0.4) is 0 Å². The molecule has 4 heterocycles. The van der Waals surface area contributed by atoms with Gasteiger partial charge in [0.25, 0.3) is 0 Å². The molecule has 11 rings (SSSR count). The minimum absolute atomic E-state index is 0.564. The first kappa shape index (κ1) is 27.9. The summed E-state index contributed by atoms with van der Waals surface area (Å²) >= 11 is 0. The van der Waals surface area contributed by atoms with Crippen molar-refractivity contribution in [3.05, 3.63) is 158 Å². The maximum atomic E-state index is 6.39. The average Bonchev–Trinajstić information content (AvgIpc) is 3.87. The summed E-state index contributed by atoms with van der Waals surface area (Å²) in [7, 11) is 0. The minimum atomic E-state index is 0.564. The molecular formula is C45H26N4O2. The molecule has 0 aliphatic heterocycles. The van der Waals surface area contributed by atoms with Gasteiger partial charge in [-0.1, -0.05) is 109 Å². The third-order valence-corrected chi connectivity index (χ3v) is 9.88. The average molecular weight is 655 g/mol. The highest BCUT2D eigenvalue weighted by Crippen LogP contribution is 2.39. The number of aromatic nitrogens is 4. The maximum absolute atomic E-state index is 6.39. The van der Waals surface area contributed by atoms with Gasteiger partial charge in [-0.25, -0.2) is 4.98 Å². The number of benzene rings is 7. The fourth-order valence-corrected chi connectivity index (χ4v) is 7.51. The minimum Gasteiger partial charge on any atom is -0.456 e. The van der Waals surface area contributed by atoms with Gasteiger partial charge in [0.05, 0.1) is 11.0 Å². The Balaban J connectivity index is 1.12. The molecule has 6 nitrogen and oxygen atoms in total. The van der Waals surface area contributed by atoms with E-state index >= 15 is 0 Å². The maximum Gasteiger partial charge on any atom is 0.238 e. The quantitative estimate of drug-likeness (QED) is 0.189. The van der Waals surface area contributed by atoms with Crippen LogP contribution in [0.1, 0.15) is 0 Å². The standard InChI is InChI=1S/C45H26N4O2/c1-2-11-27(12-3-1)43-46-44(48-45(47-43)49-37-18-7-4-13-31(37)32-14-5-8-19-38(32)49)29-22-24-41-36(26-29)35-25-28(21-23-40(35)50-41)30-16-10-17-34-33-15-6-9-20-39(33)51-42(30)34/h1-26H. The van der Waals surface area contributed by atoms with Crippen LogP contribution in [0.4, 0.5) is 0 Å². The van der Waals surface area contributed by atoms with Crippen molar-refractivity contribution in [3.8, 4) is 39.9 Å². The van der Waals surface area contributed by atoms with Crippen LogP contribution in [0.2, 0.25) is 0 Å². The number of fused-ring (bicyclic) bond motifs is 9. The van der Waals surface area contributed by atoms with Gasteiger partial charge in [-0.3, -0.25) is 4.57 Å². The topological polar surface area (TPSA) is 69.9 Å². The smallest absolute Gasteiger partial charge is 0.238 e. The molecule has 6 heteroatoms. The lowest BCUT2D eigenvalue weighted by atomic mass is 10.00. The Morgan fingerprint density at radius 1 is 0.373 bits per heavy atom. The zero-order valence-corrected chi connectivity index (χ0v) is 27.1. The van der Waals surface area contributed by atoms with Gasteiger partial charge in [-0.05, 0) is 54.1 Å². The zero-order chi connectivity index (χ0) is 33.5. The Hall–Kier alpha value is -7.05. The molecule has 0 aliphatic rings. The number of para-hydroxylation sites is 4. The van der Waals surface area contributed by atoms with Gasteiger partial charge < -0.3 is 8.83 Å². The first-order valence-electron chi connectivity index (χ1n) is 16.9. The van der Waals surface area contributed by atoms with E-state index in [4.69, 9.17) is 23.8 Å². The Labute approximate surface area is 290 Å². The van der Waals surface area contributed by atoms with Gasteiger partial charge in [0.1, 0.15) is 22.3 Å². The molecule has 4 aromatic heterocycles. The second kappa shape index (κ2) is 10.7. The molecule has 0 N–H and O–H groups in total. The first-order valence-corrected chi connectivity index (χ1v) is 16.9. The Morgan fingerprint density at radius 3 is 1.69 bits per heavy atom. The summed E-state index contributed by atoms with van der Waals surface area (Å²) in [5.41, 5.74) is 9.34. The number of hydrogen-bond donors (Lipinski definition) is 0. The third-order valence-electron chi connectivity index (χ3n) is 9.88. The van der Waals surface area contributed by atoms with Crippen molar-refractivity contribution in [1.82, 2.24) is 19.5 Å². The molecule has 0 amide bonds. The SMILES string of the molecule is c1ccc(-c2nc(-c3ccc4oc5ccc(-c6cccc7c6oc6ccccc67)cc5c4c3)nc(-n3c4ccccc4c4ccccc43)n2)cc1. The Morgan fingerprint density at radius 2 is 0.941 bits per heavy atom. The largest absolute Gasteiger partial charge is 0.456 e. The van der Waals surface area contributed by atoms with Gasteiger partial charge in [0.15, 0.2) is 11.6 Å². The van der Waals surface area contributed by atoms with E-state index in [1.165, 1.54) is 0 Å². The van der Waals surface area contributed by atoms with E-state index in [1.54, 1.807) is 0 Å². The van der Waals surface area contributed by atoms with Gasteiger partial charge >= 0.3 is 0 Å². The normalized spacial score (nSPS) is 11.9. The molecular weight excluding hydrogens is 629 g/mol.